The molecule has 0 aliphatic carbocycles. The SMILES string of the molecule is CCOC(=O)[C@@H]1CC2(CCN(c3cc(O[C@H](c4cc(Br)ccc4Br)C(F)(F)F)nc(N)n3)CC2)CN1C(=O)OC(C)(C)C. The molecule has 1 spiro atoms. The van der Waals surface area contributed by atoms with Crippen LogP contribution in [0.2, 0.25) is 0 Å². The third-order valence-electron chi connectivity index (χ3n) is 7.33. The molecule has 2 aliphatic rings. The van der Waals surface area contributed by atoms with Gasteiger partial charge in [-0.1, -0.05) is 31.9 Å². The van der Waals surface area contributed by atoms with E-state index in [0.717, 1.165) is 0 Å². The van der Waals surface area contributed by atoms with Crippen molar-refractivity contribution in [3.05, 3.63) is 38.8 Å². The van der Waals surface area contributed by atoms with Crippen molar-refractivity contribution in [1.82, 2.24) is 14.9 Å². The largest absolute Gasteiger partial charge is 0.464 e. The molecule has 1 amide bonds. The monoisotopic (exact) mass is 735 g/mol. The molecule has 0 saturated carbocycles. The number of piperidine rings is 1. The number of carbonyl (C=O) groups is 2. The van der Waals surface area contributed by atoms with Crippen LogP contribution in [0.15, 0.2) is 33.2 Å². The maximum absolute atomic E-state index is 14.1. The highest BCUT2D eigenvalue weighted by atomic mass is 79.9. The Morgan fingerprint density at radius 2 is 1.81 bits per heavy atom. The van der Waals surface area contributed by atoms with Crippen molar-refractivity contribution in [2.45, 2.75) is 70.9 Å². The maximum atomic E-state index is 14.1. The average molecular weight is 737 g/mol. The van der Waals surface area contributed by atoms with Crippen molar-refractivity contribution in [1.29, 1.82) is 0 Å². The van der Waals surface area contributed by atoms with Crippen LogP contribution in [0.4, 0.5) is 29.7 Å². The minimum atomic E-state index is -4.75. The molecular formula is C28H34Br2F3N5O5. The summed E-state index contributed by atoms with van der Waals surface area (Å²) < 4.78 is 59.3. The number of amides is 1. The lowest BCUT2D eigenvalue weighted by atomic mass is 9.76. The highest BCUT2D eigenvalue weighted by Crippen LogP contribution is 2.45. The van der Waals surface area contributed by atoms with Gasteiger partial charge in [-0.3, -0.25) is 4.90 Å². The molecule has 43 heavy (non-hydrogen) atoms. The van der Waals surface area contributed by atoms with Gasteiger partial charge in [0.1, 0.15) is 17.5 Å². The van der Waals surface area contributed by atoms with E-state index in [4.69, 9.17) is 19.9 Å². The molecule has 0 unspecified atom stereocenters. The van der Waals surface area contributed by atoms with Crippen molar-refractivity contribution in [2.75, 3.05) is 36.9 Å². The first-order chi connectivity index (χ1) is 20.0. The molecule has 1 aromatic heterocycles. The number of benzene rings is 1. The Bertz CT molecular complexity index is 1350. The van der Waals surface area contributed by atoms with Gasteiger partial charge in [-0.25, -0.2) is 9.59 Å². The van der Waals surface area contributed by atoms with Crippen LogP contribution >= 0.6 is 31.9 Å². The molecule has 2 fully saturated rings. The molecule has 1 aromatic carbocycles. The van der Waals surface area contributed by atoms with Crippen LogP contribution in [0.1, 0.15) is 58.6 Å². The lowest BCUT2D eigenvalue weighted by molar-refractivity contribution is -0.198. The molecule has 2 atom stereocenters. The summed E-state index contributed by atoms with van der Waals surface area (Å²) in [5.74, 6) is -0.720. The summed E-state index contributed by atoms with van der Waals surface area (Å²) in [6, 6.07) is 4.99. The predicted octanol–water partition coefficient (Wildman–Crippen LogP) is 6.43. The number of nitrogens with two attached hydrogens (primary N) is 1. The Morgan fingerprint density at radius 3 is 2.42 bits per heavy atom. The van der Waals surface area contributed by atoms with Crippen LogP contribution < -0.4 is 15.4 Å². The van der Waals surface area contributed by atoms with Crippen LogP contribution in [-0.2, 0) is 14.3 Å². The lowest BCUT2D eigenvalue weighted by Gasteiger charge is -2.39. The first kappa shape index (κ1) is 33.1. The molecule has 0 radical (unpaired) electrons. The molecule has 3 heterocycles. The van der Waals surface area contributed by atoms with Gasteiger partial charge in [0, 0.05) is 40.2 Å². The summed E-state index contributed by atoms with van der Waals surface area (Å²) in [5, 5.41) is 0. The maximum Gasteiger partial charge on any atom is 0.429 e. The summed E-state index contributed by atoms with van der Waals surface area (Å²) in [7, 11) is 0. The average Bonchev–Trinajstić information content (AvgIpc) is 3.27. The summed E-state index contributed by atoms with van der Waals surface area (Å²) in [5.41, 5.74) is 4.66. The topological polar surface area (TPSA) is 120 Å². The van der Waals surface area contributed by atoms with E-state index in [9.17, 15) is 22.8 Å². The van der Waals surface area contributed by atoms with Gasteiger partial charge in [0.15, 0.2) is 0 Å². The summed E-state index contributed by atoms with van der Waals surface area (Å²) in [6.45, 7) is 8.39. The van der Waals surface area contributed by atoms with Crippen LogP contribution in [0.3, 0.4) is 0 Å². The highest BCUT2D eigenvalue weighted by molar-refractivity contribution is 9.11. The molecule has 2 saturated heterocycles. The van der Waals surface area contributed by atoms with Gasteiger partial charge in [-0.2, -0.15) is 23.1 Å². The van der Waals surface area contributed by atoms with E-state index in [2.05, 4.69) is 41.8 Å². The third kappa shape index (κ3) is 8.02. The van der Waals surface area contributed by atoms with Gasteiger partial charge < -0.3 is 24.8 Å². The number of hydrogen-bond acceptors (Lipinski definition) is 9. The van der Waals surface area contributed by atoms with Gasteiger partial charge in [0.25, 0.3) is 0 Å². The van der Waals surface area contributed by atoms with Crippen molar-refractivity contribution in [3.63, 3.8) is 0 Å². The van der Waals surface area contributed by atoms with Crippen LogP contribution in [0.25, 0.3) is 0 Å². The molecule has 236 valence electrons. The molecule has 4 rings (SSSR count). The van der Waals surface area contributed by atoms with Crippen molar-refractivity contribution in [2.24, 2.45) is 5.41 Å². The molecule has 2 aliphatic heterocycles. The van der Waals surface area contributed by atoms with Gasteiger partial charge >= 0.3 is 18.2 Å². The minimum absolute atomic E-state index is 0.132. The van der Waals surface area contributed by atoms with Gasteiger partial charge in [0.05, 0.1) is 6.61 Å². The molecule has 2 aromatic rings. The van der Waals surface area contributed by atoms with E-state index in [-0.39, 0.29) is 33.9 Å². The highest BCUT2D eigenvalue weighted by Gasteiger charge is 2.51. The molecule has 15 heteroatoms. The second kappa shape index (κ2) is 12.7. The number of rotatable bonds is 6. The second-order valence-corrected chi connectivity index (χ2v) is 13.5. The van der Waals surface area contributed by atoms with Crippen molar-refractivity contribution >= 4 is 55.7 Å². The number of nitrogens with zero attached hydrogens (tertiary/aromatic N) is 4. The molecule has 0 bridgehead atoms. The van der Waals surface area contributed by atoms with Crippen molar-refractivity contribution < 1.29 is 37.0 Å². The van der Waals surface area contributed by atoms with E-state index in [0.29, 0.717) is 49.2 Å². The number of carbonyl (C=O) groups excluding carboxylic acids is 2. The molecule has 10 nitrogen and oxygen atoms in total. The fraction of sp³-hybridized carbons (Fsp3) is 0.571. The van der Waals surface area contributed by atoms with Crippen LogP contribution in [-0.4, -0.2) is 71.0 Å². The number of likely N-dealkylation sites (tertiary alicyclic amines) is 1. The van der Waals surface area contributed by atoms with E-state index in [1.807, 2.05) is 4.90 Å². The van der Waals surface area contributed by atoms with Crippen molar-refractivity contribution in [3.8, 4) is 5.88 Å². The zero-order valence-electron chi connectivity index (χ0n) is 24.2. The smallest absolute Gasteiger partial charge is 0.429 e. The summed E-state index contributed by atoms with van der Waals surface area (Å²) in [4.78, 5) is 37.3. The Balaban J connectivity index is 1.52. The number of hydrogen-bond donors (Lipinski definition) is 1. The zero-order valence-corrected chi connectivity index (χ0v) is 27.4. The lowest BCUT2D eigenvalue weighted by Crippen LogP contribution is -2.45. The van der Waals surface area contributed by atoms with Crippen LogP contribution in [0.5, 0.6) is 5.88 Å². The number of alkyl halides is 3. The number of ether oxygens (including phenoxy) is 3. The van der Waals surface area contributed by atoms with E-state index >= 15 is 0 Å². The predicted molar refractivity (Wildman–Crippen MR) is 160 cm³/mol. The van der Waals surface area contributed by atoms with Gasteiger partial charge in [0.2, 0.25) is 17.9 Å². The molecular weight excluding hydrogens is 703 g/mol. The Morgan fingerprint density at radius 1 is 1.14 bits per heavy atom. The number of esters is 1. The third-order valence-corrected chi connectivity index (χ3v) is 8.54. The minimum Gasteiger partial charge on any atom is -0.464 e. The van der Waals surface area contributed by atoms with E-state index < -0.39 is 36.0 Å². The first-order valence-electron chi connectivity index (χ1n) is 13.7. The zero-order chi connectivity index (χ0) is 31.7. The quantitative estimate of drug-likeness (QED) is 0.335. The number of anilines is 2. The number of aromatic nitrogens is 2. The summed E-state index contributed by atoms with van der Waals surface area (Å²) >= 11 is 6.39. The second-order valence-electron chi connectivity index (χ2n) is 11.7. The first-order valence-corrected chi connectivity index (χ1v) is 15.3. The fourth-order valence-corrected chi connectivity index (χ4v) is 6.22. The van der Waals surface area contributed by atoms with E-state index in [1.54, 1.807) is 33.8 Å². The fourth-order valence-electron chi connectivity index (χ4n) is 5.39. The van der Waals surface area contributed by atoms with E-state index in [1.165, 1.54) is 23.1 Å². The Hall–Kier alpha value is -2.81. The van der Waals surface area contributed by atoms with Gasteiger partial charge in [-0.15, -0.1) is 0 Å². The number of halogens is 5. The molecule has 2 N–H and O–H groups in total. The Labute approximate surface area is 264 Å². The normalized spacial score (nSPS) is 19.3. The Kier molecular flexibility index (Phi) is 9.74. The van der Waals surface area contributed by atoms with Crippen LogP contribution in [0, 0.1) is 5.41 Å². The van der Waals surface area contributed by atoms with Gasteiger partial charge in [-0.05, 0) is 70.6 Å². The standard InChI is InChI=1S/C28H34Br2F3N5O5/c1-5-41-23(39)19-14-27(15-38(19)25(40)43-26(2,3)4)8-10-37(11-9-27)20-13-21(36-24(34)35-20)42-22(28(31,32)33)17-12-16(29)6-7-18(17)30/h6-7,12-13,19,22H,5,8-11,14-15H2,1-4H3,(H2,34,35,36)/t19-,22+/m0/s1. The number of nitrogen functional groups attached to an aromatic ring is 1. The summed E-state index contributed by atoms with van der Waals surface area (Å²) in [6.07, 6.45) is -6.07.